The molecule has 1 rings (SSSR count). The van der Waals surface area contributed by atoms with Crippen molar-refractivity contribution in [2.75, 3.05) is 25.6 Å². The number of ether oxygens (including phenoxy) is 1. The molecule has 0 aromatic heterocycles. The summed E-state index contributed by atoms with van der Waals surface area (Å²) < 4.78 is 4.99. The molecule has 0 radical (unpaired) electrons. The average Bonchev–Trinajstić information content (AvgIpc) is 2.42. The zero-order valence-corrected chi connectivity index (χ0v) is 11.3. The second-order valence-corrected chi connectivity index (χ2v) is 4.47. The molecule has 1 aromatic rings. The predicted octanol–water partition coefficient (Wildman–Crippen LogP) is 2.42. The number of benzene rings is 1. The highest BCUT2D eigenvalue weighted by Gasteiger charge is 2.19. The van der Waals surface area contributed by atoms with Crippen molar-refractivity contribution in [1.29, 1.82) is 0 Å². The van der Waals surface area contributed by atoms with E-state index < -0.39 is 4.92 Å². The van der Waals surface area contributed by atoms with Crippen LogP contribution in [0.5, 0.6) is 5.75 Å². The average molecular weight is 268 g/mol. The number of methoxy groups -OCH3 is 1. The quantitative estimate of drug-likeness (QED) is 0.429. The lowest BCUT2D eigenvalue weighted by molar-refractivity contribution is -0.384. The van der Waals surface area contributed by atoms with Crippen LogP contribution in [0.15, 0.2) is 18.2 Å². The third-order valence-corrected chi connectivity index (χ3v) is 2.90. The van der Waals surface area contributed by atoms with Gasteiger partial charge in [-0.25, -0.2) is 0 Å². The van der Waals surface area contributed by atoms with Crippen LogP contribution in [0.3, 0.4) is 0 Å². The van der Waals surface area contributed by atoms with Gasteiger partial charge < -0.3 is 15.2 Å². The Hall–Kier alpha value is -1.82. The number of nitrogens with one attached hydrogen (secondary N) is 1. The Morgan fingerprint density at radius 3 is 2.84 bits per heavy atom. The molecule has 0 aliphatic heterocycles. The lowest BCUT2D eigenvalue weighted by atomic mass is 10.1. The van der Waals surface area contributed by atoms with Gasteiger partial charge in [-0.1, -0.05) is 13.0 Å². The number of hydrogen-bond donors (Lipinski definition) is 2. The Bertz CT molecular complexity index is 423. The van der Waals surface area contributed by atoms with E-state index in [1.54, 1.807) is 18.2 Å². The third kappa shape index (κ3) is 4.40. The zero-order chi connectivity index (χ0) is 14.3. The molecule has 1 unspecified atom stereocenters. The van der Waals surface area contributed by atoms with E-state index in [0.29, 0.717) is 12.2 Å². The lowest BCUT2D eigenvalue weighted by Gasteiger charge is -2.11. The topological polar surface area (TPSA) is 84.6 Å². The summed E-state index contributed by atoms with van der Waals surface area (Å²) in [7, 11) is 1.41. The highest BCUT2D eigenvalue weighted by Crippen LogP contribution is 2.34. The Morgan fingerprint density at radius 1 is 1.53 bits per heavy atom. The van der Waals surface area contributed by atoms with Crippen LogP contribution in [0.25, 0.3) is 0 Å². The van der Waals surface area contributed by atoms with Crippen LogP contribution >= 0.6 is 0 Å². The monoisotopic (exact) mass is 268 g/mol. The van der Waals surface area contributed by atoms with Crippen LogP contribution in [0, 0.1) is 16.0 Å². The number of rotatable bonds is 8. The molecular weight excluding hydrogens is 248 g/mol. The summed E-state index contributed by atoms with van der Waals surface area (Å²) >= 11 is 0. The first-order chi connectivity index (χ1) is 9.10. The predicted molar refractivity (Wildman–Crippen MR) is 73.6 cm³/mol. The van der Waals surface area contributed by atoms with Crippen molar-refractivity contribution in [3.05, 3.63) is 28.3 Å². The van der Waals surface area contributed by atoms with E-state index in [0.717, 1.165) is 12.8 Å². The number of nitro benzene ring substituents is 1. The number of hydrogen-bond acceptors (Lipinski definition) is 5. The number of nitrogens with zero attached hydrogens (tertiary/aromatic N) is 1. The summed E-state index contributed by atoms with van der Waals surface area (Å²) in [6.07, 6.45) is 1.72. The van der Waals surface area contributed by atoms with Crippen LogP contribution in [-0.4, -0.2) is 30.3 Å². The minimum atomic E-state index is -0.447. The summed E-state index contributed by atoms with van der Waals surface area (Å²) in [4.78, 5) is 10.6. The molecule has 0 saturated heterocycles. The van der Waals surface area contributed by atoms with E-state index in [1.807, 2.05) is 6.92 Å². The van der Waals surface area contributed by atoms with Crippen LogP contribution in [0.4, 0.5) is 11.4 Å². The standard InChI is InChI=1S/C13H20N2O4/c1-10(9-16)5-4-8-14-11-6-3-7-12(19-2)13(11)15(17)18/h3,6-7,10,14,16H,4-5,8-9H2,1-2H3. The van der Waals surface area contributed by atoms with Gasteiger partial charge in [-0.05, 0) is 30.9 Å². The fraction of sp³-hybridized carbons (Fsp3) is 0.538. The van der Waals surface area contributed by atoms with Crippen LogP contribution in [-0.2, 0) is 0 Å². The molecule has 0 amide bonds. The molecule has 0 aliphatic carbocycles. The molecule has 19 heavy (non-hydrogen) atoms. The molecule has 6 heteroatoms. The SMILES string of the molecule is COc1cccc(NCCCC(C)CO)c1[N+](=O)[O-]. The molecule has 1 atom stereocenters. The number of aliphatic hydroxyl groups excluding tert-OH is 1. The Labute approximate surface area is 112 Å². The Balaban J connectivity index is 2.65. The van der Waals surface area contributed by atoms with Gasteiger partial charge in [-0.15, -0.1) is 0 Å². The molecule has 106 valence electrons. The van der Waals surface area contributed by atoms with E-state index >= 15 is 0 Å². The maximum atomic E-state index is 11.0. The van der Waals surface area contributed by atoms with Crippen molar-refractivity contribution >= 4 is 11.4 Å². The summed E-state index contributed by atoms with van der Waals surface area (Å²) in [6.45, 7) is 2.76. The fourth-order valence-corrected chi connectivity index (χ4v) is 1.78. The molecule has 0 bridgehead atoms. The van der Waals surface area contributed by atoms with E-state index in [1.165, 1.54) is 7.11 Å². The molecule has 0 heterocycles. The van der Waals surface area contributed by atoms with E-state index in [4.69, 9.17) is 9.84 Å². The molecular formula is C13H20N2O4. The minimum absolute atomic E-state index is 0.0415. The maximum absolute atomic E-state index is 11.0. The molecule has 2 N–H and O–H groups in total. The van der Waals surface area contributed by atoms with Gasteiger partial charge in [0.1, 0.15) is 5.69 Å². The van der Waals surface area contributed by atoms with Crippen molar-refractivity contribution < 1.29 is 14.8 Å². The first-order valence-corrected chi connectivity index (χ1v) is 6.26. The van der Waals surface area contributed by atoms with Crippen LogP contribution in [0.1, 0.15) is 19.8 Å². The largest absolute Gasteiger partial charge is 0.490 e. The van der Waals surface area contributed by atoms with Gasteiger partial charge in [0.05, 0.1) is 12.0 Å². The van der Waals surface area contributed by atoms with Gasteiger partial charge in [-0.2, -0.15) is 0 Å². The molecule has 0 aliphatic rings. The number of nitro groups is 1. The smallest absolute Gasteiger partial charge is 0.333 e. The van der Waals surface area contributed by atoms with Crippen molar-refractivity contribution in [3.63, 3.8) is 0 Å². The van der Waals surface area contributed by atoms with Gasteiger partial charge in [0.15, 0.2) is 5.75 Å². The summed E-state index contributed by atoms with van der Waals surface area (Å²) in [5.74, 6) is 0.501. The molecule has 1 aromatic carbocycles. The first kappa shape index (κ1) is 15.2. The van der Waals surface area contributed by atoms with Crippen molar-refractivity contribution in [2.45, 2.75) is 19.8 Å². The summed E-state index contributed by atoms with van der Waals surface area (Å²) in [5, 5.41) is 23.0. The summed E-state index contributed by atoms with van der Waals surface area (Å²) in [5.41, 5.74) is 0.418. The molecule has 0 spiro atoms. The fourth-order valence-electron chi connectivity index (χ4n) is 1.78. The van der Waals surface area contributed by atoms with Crippen molar-refractivity contribution in [1.82, 2.24) is 0 Å². The molecule has 6 nitrogen and oxygen atoms in total. The third-order valence-electron chi connectivity index (χ3n) is 2.90. The van der Waals surface area contributed by atoms with Crippen LogP contribution < -0.4 is 10.1 Å². The van der Waals surface area contributed by atoms with Crippen molar-refractivity contribution in [2.24, 2.45) is 5.92 Å². The van der Waals surface area contributed by atoms with Gasteiger partial charge in [0.25, 0.3) is 0 Å². The van der Waals surface area contributed by atoms with Gasteiger partial charge >= 0.3 is 5.69 Å². The van der Waals surface area contributed by atoms with Gasteiger partial charge in [0, 0.05) is 13.2 Å². The first-order valence-electron chi connectivity index (χ1n) is 6.26. The van der Waals surface area contributed by atoms with E-state index in [-0.39, 0.29) is 24.0 Å². The maximum Gasteiger partial charge on any atom is 0.333 e. The van der Waals surface area contributed by atoms with E-state index in [2.05, 4.69) is 5.32 Å². The Morgan fingerprint density at radius 2 is 2.26 bits per heavy atom. The second kappa shape index (κ2) is 7.58. The summed E-state index contributed by atoms with van der Waals surface area (Å²) in [6, 6.07) is 4.94. The second-order valence-electron chi connectivity index (χ2n) is 4.47. The highest BCUT2D eigenvalue weighted by molar-refractivity contribution is 5.68. The number of aliphatic hydroxyl groups is 1. The minimum Gasteiger partial charge on any atom is -0.490 e. The normalized spacial score (nSPS) is 11.9. The van der Waals surface area contributed by atoms with Gasteiger partial charge in [-0.3, -0.25) is 10.1 Å². The number of anilines is 1. The molecule has 0 fully saturated rings. The zero-order valence-electron chi connectivity index (χ0n) is 11.3. The number of para-hydroxylation sites is 1. The molecule has 0 saturated carbocycles. The lowest BCUT2D eigenvalue weighted by Crippen LogP contribution is -2.08. The highest BCUT2D eigenvalue weighted by atomic mass is 16.6. The van der Waals surface area contributed by atoms with E-state index in [9.17, 15) is 10.1 Å². The van der Waals surface area contributed by atoms with Crippen molar-refractivity contribution in [3.8, 4) is 5.75 Å². The van der Waals surface area contributed by atoms with Gasteiger partial charge in [0.2, 0.25) is 0 Å². The van der Waals surface area contributed by atoms with Crippen LogP contribution in [0.2, 0.25) is 0 Å². The Kier molecular flexibility index (Phi) is 6.08.